The predicted octanol–water partition coefficient (Wildman–Crippen LogP) is 4.78. The molecule has 0 spiro atoms. The SMILES string of the molecule is CCOc1cc(Cl)c(-c2cc(N)ccc2F)cc1Cl. The van der Waals surface area contributed by atoms with Gasteiger partial charge in [-0.25, -0.2) is 4.39 Å². The molecular formula is C14H12Cl2FNO. The van der Waals surface area contributed by atoms with Crippen LogP contribution in [-0.2, 0) is 0 Å². The molecule has 0 atom stereocenters. The monoisotopic (exact) mass is 299 g/mol. The summed E-state index contributed by atoms with van der Waals surface area (Å²) in [5, 5.41) is 0.737. The molecule has 2 rings (SSSR count). The zero-order chi connectivity index (χ0) is 14.0. The number of anilines is 1. The molecule has 0 aliphatic carbocycles. The van der Waals surface area contributed by atoms with Crippen molar-refractivity contribution in [2.75, 3.05) is 12.3 Å². The normalized spacial score (nSPS) is 10.5. The molecule has 0 aliphatic heterocycles. The van der Waals surface area contributed by atoms with E-state index >= 15 is 0 Å². The van der Waals surface area contributed by atoms with Crippen molar-refractivity contribution in [2.24, 2.45) is 0 Å². The van der Waals surface area contributed by atoms with E-state index in [2.05, 4.69) is 0 Å². The van der Waals surface area contributed by atoms with Crippen LogP contribution < -0.4 is 10.5 Å². The van der Waals surface area contributed by atoms with Gasteiger partial charge in [0.1, 0.15) is 11.6 Å². The average Bonchev–Trinajstić information content (AvgIpc) is 2.37. The first-order valence-electron chi connectivity index (χ1n) is 5.70. The van der Waals surface area contributed by atoms with Crippen LogP contribution in [0.2, 0.25) is 10.0 Å². The Balaban J connectivity index is 2.57. The second-order valence-corrected chi connectivity index (χ2v) is 4.75. The Bertz CT molecular complexity index is 617. The Hall–Kier alpha value is -1.45. The number of halogens is 3. The largest absolute Gasteiger partial charge is 0.492 e. The standard InChI is InChI=1S/C14H12Cl2FNO/c1-2-19-14-7-11(15)9(6-12(14)16)10-5-8(18)3-4-13(10)17/h3-7H,2,18H2,1H3. The third-order valence-corrected chi connectivity index (χ3v) is 3.21. The summed E-state index contributed by atoms with van der Waals surface area (Å²) in [6, 6.07) is 7.46. The molecule has 0 saturated heterocycles. The highest BCUT2D eigenvalue weighted by atomic mass is 35.5. The lowest BCUT2D eigenvalue weighted by molar-refractivity contribution is 0.340. The van der Waals surface area contributed by atoms with E-state index in [1.807, 2.05) is 6.92 Å². The molecule has 0 unspecified atom stereocenters. The first kappa shape index (κ1) is 14.0. The third-order valence-electron chi connectivity index (χ3n) is 2.60. The van der Waals surface area contributed by atoms with Gasteiger partial charge in [-0.3, -0.25) is 0 Å². The molecule has 19 heavy (non-hydrogen) atoms. The van der Waals surface area contributed by atoms with Crippen LogP contribution >= 0.6 is 23.2 Å². The average molecular weight is 300 g/mol. The van der Waals surface area contributed by atoms with E-state index in [0.29, 0.717) is 39.2 Å². The van der Waals surface area contributed by atoms with Gasteiger partial charge in [-0.15, -0.1) is 0 Å². The summed E-state index contributed by atoms with van der Waals surface area (Å²) in [6.45, 7) is 2.32. The second-order valence-electron chi connectivity index (χ2n) is 3.93. The minimum Gasteiger partial charge on any atom is -0.492 e. The number of hydrogen-bond acceptors (Lipinski definition) is 2. The smallest absolute Gasteiger partial charge is 0.139 e. The summed E-state index contributed by atoms with van der Waals surface area (Å²) in [4.78, 5) is 0. The van der Waals surface area contributed by atoms with E-state index in [0.717, 1.165) is 0 Å². The minimum atomic E-state index is -0.406. The van der Waals surface area contributed by atoms with Crippen molar-refractivity contribution >= 4 is 28.9 Å². The summed E-state index contributed by atoms with van der Waals surface area (Å²) in [5.74, 6) is 0.0681. The van der Waals surface area contributed by atoms with Gasteiger partial charge in [0, 0.05) is 22.9 Å². The van der Waals surface area contributed by atoms with Crippen molar-refractivity contribution in [3.05, 3.63) is 46.2 Å². The fourth-order valence-corrected chi connectivity index (χ4v) is 2.22. The number of nitrogens with two attached hydrogens (primary N) is 1. The number of hydrogen-bond donors (Lipinski definition) is 1. The molecule has 5 heteroatoms. The van der Waals surface area contributed by atoms with Crippen molar-refractivity contribution in [3.63, 3.8) is 0 Å². The second kappa shape index (κ2) is 5.68. The Morgan fingerprint density at radius 1 is 1.11 bits per heavy atom. The van der Waals surface area contributed by atoms with Gasteiger partial charge in [-0.2, -0.15) is 0 Å². The van der Waals surface area contributed by atoms with Gasteiger partial charge in [0.15, 0.2) is 0 Å². The molecule has 0 heterocycles. The van der Waals surface area contributed by atoms with Crippen molar-refractivity contribution in [2.45, 2.75) is 6.92 Å². The topological polar surface area (TPSA) is 35.2 Å². The maximum absolute atomic E-state index is 13.8. The highest BCUT2D eigenvalue weighted by Gasteiger charge is 2.13. The van der Waals surface area contributed by atoms with Crippen LogP contribution in [0.4, 0.5) is 10.1 Å². The van der Waals surface area contributed by atoms with Gasteiger partial charge in [-0.1, -0.05) is 23.2 Å². The van der Waals surface area contributed by atoms with Gasteiger partial charge >= 0.3 is 0 Å². The van der Waals surface area contributed by atoms with E-state index in [4.69, 9.17) is 33.7 Å². The van der Waals surface area contributed by atoms with E-state index in [1.165, 1.54) is 18.2 Å². The molecular weight excluding hydrogens is 288 g/mol. The molecule has 0 bridgehead atoms. The molecule has 0 saturated carbocycles. The van der Waals surface area contributed by atoms with E-state index in [1.54, 1.807) is 12.1 Å². The third kappa shape index (κ3) is 2.94. The number of benzene rings is 2. The lowest BCUT2D eigenvalue weighted by atomic mass is 10.0. The Kier molecular flexibility index (Phi) is 4.17. The molecule has 0 fully saturated rings. The van der Waals surface area contributed by atoms with E-state index in [-0.39, 0.29) is 0 Å². The van der Waals surface area contributed by atoms with Gasteiger partial charge in [-0.05, 0) is 31.2 Å². The van der Waals surface area contributed by atoms with Crippen LogP contribution in [0.1, 0.15) is 6.92 Å². The van der Waals surface area contributed by atoms with Crippen molar-refractivity contribution < 1.29 is 9.13 Å². The maximum atomic E-state index is 13.8. The minimum absolute atomic E-state index is 0.315. The van der Waals surface area contributed by atoms with Gasteiger partial charge < -0.3 is 10.5 Å². The summed E-state index contributed by atoms with van der Waals surface area (Å²) in [6.07, 6.45) is 0. The summed E-state index contributed by atoms with van der Waals surface area (Å²) in [7, 11) is 0. The van der Waals surface area contributed by atoms with Crippen LogP contribution in [0, 0.1) is 5.82 Å². The molecule has 0 aromatic heterocycles. The van der Waals surface area contributed by atoms with Crippen molar-refractivity contribution in [3.8, 4) is 16.9 Å². The van der Waals surface area contributed by atoms with Crippen molar-refractivity contribution in [1.29, 1.82) is 0 Å². The number of nitrogen functional groups attached to an aromatic ring is 1. The van der Waals surface area contributed by atoms with Crippen LogP contribution in [0.15, 0.2) is 30.3 Å². The van der Waals surface area contributed by atoms with Crippen LogP contribution in [0.5, 0.6) is 5.75 Å². The quantitative estimate of drug-likeness (QED) is 0.828. The number of ether oxygens (including phenoxy) is 1. The maximum Gasteiger partial charge on any atom is 0.139 e. The van der Waals surface area contributed by atoms with Gasteiger partial charge in [0.2, 0.25) is 0 Å². The van der Waals surface area contributed by atoms with Crippen LogP contribution in [0.3, 0.4) is 0 Å². The first-order valence-corrected chi connectivity index (χ1v) is 6.45. The lowest BCUT2D eigenvalue weighted by Crippen LogP contribution is -1.94. The molecule has 2 aromatic carbocycles. The number of rotatable bonds is 3. The molecule has 0 radical (unpaired) electrons. The Morgan fingerprint density at radius 2 is 1.84 bits per heavy atom. The summed E-state index contributed by atoms with van der Waals surface area (Å²) in [5.41, 5.74) is 6.92. The molecule has 0 amide bonds. The Labute approximate surface area is 120 Å². The molecule has 100 valence electrons. The zero-order valence-corrected chi connectivity index (χ0v) is 11.7. The van der Waals surface area contributed by atoms with Gasteiger partial charge in [0.25, 0.3) is 0 Å². The summed E-state index contributed by atoms with van der Waals surface area (Å²) >= 11 is 12.2. The zero-order valence-electron chi connectivity index (χ0n) is 10.2. The lowest BCUT2D eigenvalue weighted by Gasteiger charge is -2.11. The van der Waals surface area contributed by atoms with Crippen LogP contribution in [0.25, 0.3) is 11.1 Å². The highest BCUT2D eigenvalue weighted by molar-refractivity contribution is 6.36. The van der Waals surface area contributed by atoms with E-state index < -0.39 is 5.82 Å². The molecule has 2 nitrogen and oxygen atoms in total. The van der Waals surface area contributed by atoms with Crippen LogP contribution in [-0.4, -0.2) is 6.61 Å². The summed E-state index contributed by atoms with van der Waals surface area (Å²) < 4.78 is 19.2. The fourth-order valence-electron chi connectivity index (χ4n) is 1.75. The Morgan fingerprint density at radius 3 is 2.53 bits per heavy atom. The molecule has 2 N–H and O–H groups in total. The van der Waals surface area contributed by atoms with E-state index in [9.17, 15) is 4.39 Å². The molecule has 2 aromatic rings. The predicted molar refractivity (Wildman–Crippen MR) is 77.4 cm³/mol. The fraction of sp³-hybridized carbons (Fsp3) is 0.143. The first-order chi connectivity index (χ1) is 9.02. The highest BCUT2D eigenvalue weighted by Crippen LogP contribution is 2.38. The molecule has 0 aliphatic rings. The van der Waals surface area contributed by atoms with Crippen molar-refractivity contribution in [1.82, 2.24) is 0 Å². The van der Waals surface area contributed by atoms with Gasteiger partial charge in [0.05, 0.1) is 16.7 Å².